The molecule has 5 aromatic rings. The number of pyridine rings is 1. The number of imidazole rings is 1. The van der Waals surface area contributed by atoms with Crippen LogP contribution in [0.15, 0.2) is 89.9 Å². The van der Waals surface area contributed by atoms with E-state index in [0.717, 1.165) is 5.56 Å². The number of benzene rings is 3. The number of aromatic nitrogens is 3. The molecule has 2 aromatic heterocycles. The molecule has 2 heterocycles. The maximum Gasteiger partial charge on any atom is 0.261 e. The van der Waals surface area contributed by atoms with Crippen molar-refractivity contribution in [1.29, 1.82) is 0 Å². The van der Waals surface area contributed by atoms with Crippen LogP contribution in [0.5, 0.6) is 0 Å². The standard InChI is InChI=1S/C26H20ClN5O2.ClH/c27-18-10-5-4-9-17(18)25(33)31-21-12-6-11-20-23(21)32-24(30-20)22-19(13-14-28-26(22)34)29-15-16-7-2-1-3-8-16;/h1-14H,15H2,(H,30,32)(H,31,33)(H2,28,29,34);1H. The molecule has 0 bridgehead atoms. The summed E-state index contributed by atoms with van der Waals surface area (Å²) in [6.07, 6.45) is 1.59. The lowest BCUT2D eigenvalue weighted by Crippen LogP contribution is -2.13. The van der Waals surface area contributed by atoms with Crippen LogP contribution in [0.2, 0.25) is 5.02 Å². The van der Waals surface area contributed by atoms with Crippen LogP contribution in [0, 0.1) is 0 Å². The SMILES string of the molecule is Cl.O=C(Nc1cccc2[nH]c(-c3c(NCc4ccccc4)cc[nH]c3=O)nc12)c1ccccc1Cl. The second kappa shape index (κ2) is 10.5. The smallest absolute Gasteiger partial charge is 0.261 e. The van der Waals surface area contributed by atoms with Gasteiger partial charge >= 0.3 is 0 Å². The Morgan fingerprint density at radius 2 is 1.69 bits per heavy atom. The lowest BCUT2D eigenvalue weighted by molar-refractivity contribution is 0.102. The van der Waals surface area contributed by atoms with E-state index in [0.29, 0.717) is 50.9 Å². The van der Waals surface area contributed by atoms with E-state index >= 15 is 0 Å². The quantitative estimate of drug-likeness (QED) is 0.232. The molecule has 0 atom stereocenters. The predicted octanol–water partition coefficient (Wildman–Crippen LogP) is 5.86. The van der Waals surface area contributed by atoms with Crippen LogP contribution < -0.4 is 16.2 Å². The number of para-hydroxylation sites is 1. The zero-order valence-electron chi connectivity index (χ0n) is 18.3. The molecule has 3 aromatic carbocycles. The third-order valence-corrected chi connectivity index (χ3v) is 5.73. The minimum Gasteiger partial charge on any atom is -0.380 e. The molecular formula is C26H21Cl2N5O2. The molecule has 176 valence electrons. The van der Waals surface area contributed by atoms with E-state index in [4.69, 9.17) is 11.6 Å². The van der Waals surface area contributed by atoms with Crippen molar-refractivity contribution in [3.05, 3.63) is 112 Å². The number of rotatable bonds is 6. The zero-order chi connectivity index (χ0) is 23.5. The van der Waals surface area contributed by atoms with Gasteiger partial charge in [0, 0.05) is 12.7 Å². The number of halogens is 2. The average molecular weight is 506 g/mol. The maximum absolute atomic E-state index is 12.8. The Balaban J connectivity index is 0.00000289. The number of amides is 1. The molecule has 0 unspecified atom stereocenters. The van der Waals surface area contributed by atoms with E-state index in [2.05, 4.69) is 25.6 Å². The molecule has 0 fully saturated rings. The lowest BCUT2D eigenvalue weighted by Gasteiger charge is -2.10. The van der Waals surface area contributed by atoms with Gasteiger partial charge in [0.05, 0.1) is 27.5 Å². The second-order valence-electron chi connectivity index (χ2n) is 7.66. The molecule has 0 aliphatic carbocycles. The normalized spacial score (nSPS) is 10.5. The highest BCUT2D eigenvalue weighted by atomic mass is 35.5. The number of fused-ring (bicyclic) bond motifs is 1. The molecule has 0 saturated heterocycles. The molecule has 0 radical (unpaired) electrons. The molecule has 4 N–H and O–H groups in total. The minimum absolute atomic E-state index is 0. The topological polar surface area (TPSA) is 103 Å². The first-order chi connectivity index (χ1) is 16.6. The second-order valence-corrected chi connectivity index (χ2v) is 8.06. The lowest BCUT2D eigenvalue weighted by atomic mass is 10.2. The van der Waals surface area contributed by atoms with E-state index in [9.17, 15) is 9.59 Å². The van der Waals surface area contributed by atoms with Crippen LogP contribution in [-0.2, 0) is 6.54 Å². The van der Waals surface area contributed by atoms with Crippen molar-refractivity contribution in [3.63, 3.8) is 0 Å². The Hall–Kier alpha value is -4.07. The number of nitrogens with zero attached hydrogens (tertiary/aromatic N) is 1. The van der Waals surface area contributed by atoms with Crippen molar-refractivity contribution in [2.75, 3.05) is 10.6 Å². The van der Waals surface area contributed by atoms with Crippen LogP contribution in [0.1, 0.15) is 15.9 Å². The summed E-state index contributed by atoms with van der Waals surface area (Å²) < 4.78 is 0. The number of hydrogen-bond donors (Lipinski definition) is 4. The van der Waals surface area contributed by atoms with Gasteiger partial charge in [0.25, 0.3) is 11.5 Å². The Morgan fingerprint density at radius 1 is 0.914 bits per heavy atom. The van der Waals surface area contributed by atoms with Gasteiger partial charge in [-0.1, -0.05) is 60.1 Å². The van der Waals surface area contributed by atoms with E-state index in [1.54, 1.807) is 48.7 Å². The fraction of sp³-hybridized carbons (Fsp3) is 0.0385. The van der Waals surface area contributed by atoms with Crippen LogP contribution in [0.4, 0.5) is 11.4 Å². The molecule has 35 heavy (non-hydrogen) atoms. The van der Waals surface area contributed by atoms with Crippen molar-refractivity contribution in [3.8, 4) is 11.4 Å². The van der Waals surface area contributed by atoms with E-state index < -0.39 is 0 Å². The Morgan fingerprint density at radius 3 is 2.49 bits per heavy atom. The molecule has 0 aliphatic rings. The first-order valence-electron chi connectivity index (χ1n) is 10.6. The number of anilines is 2. The summed E-state index contributed by atoms with van der Waals surface area (Å²) in [7, 11) is 0. The Labute approximate surface area is 212 Å². The number of hydrogen-bond acceptors (Lipinski definition) is 4. The van der Waals surface area contributed by atoms with E-state index in [1.807, 2.05) is 36.4 Å². The van der Waals surface area contributed by atoms with E-state index in [1.165, 1.54) is 0 Å². The van der Waals surface area contributed by atoms with Gasteiger partial charge in [-0.05, 0) is 35.9 Å². The highest BCUT2D eigenvalue weighted by molar-refractivity contribution is 6.34. The highest BCUT2D eigenvalue weighted by Crippen LogP contribution is 2.28. The third kappa shape index (κ3) is 5.06. The maximum atomic E-state index is 12.8. The summed E-state index contributed by atoms with van der Waals surface area (Å²) >= 11 is 6.17. The average Bonchev–Trinajstić information content (AvgIpc) is 3.28. The van der Waals surface area contributed by atoms with Crippen LogP contribution >= 0.6 is 24.0 Å². The van der Waals surface area contributed by atoms with Gasteiger partial charge in [-0.25, -0.2) is 4.98 Å². The third-order valence-electron chi connectivity index (χ3n) is 5.40. The fourth-order valence-electron chi connectivity index (χ4n) is 3.74. The summed E-state index contributed by atoms with van der Waals surface area (Å²) in [5, 5.41) is 6.56. The number of carbonyl (C=O) groups excluding carboxylic acids is 1. The van der Waals surface area contributed by atoms with Crippen LogP contribution in [-0.4, -0.2) is 20.9 Å². The summed E-state index contributed by atoms with van der Waals surface area (Å²) in [6, 6.07) is 23.9. The van der Waals surface area contributed by atoms with Gasteiger partial charge in [-0.2, -0.15) is 0 Å². The molecule has 1 amide bonds. The zero-order valence-corrected chi connectivity index (χ0v) is 19.9. The van der Waals surface area contributed by atoms with Gasteiger partial charge in [0.15, 0.2) is 0 Å². The van der Waals surface area contributed by atoms with Crippen molar-refractivity contribution in [2.45, 2.75) is 6.54 Å². The van der Waals surface area contributed by atoms with Gasteiger partial charge in [0.2, 0.25) is 0 Å². The summed E-state index contributed by atoms with van der Waals surface area (Å²) in [6.45, 7) is 0.552. The molecule has 0 spiro atoms. The molecule has 0 saturated carbocycles. The predicted molar refractivity (Wildman–Crippen MR) is 143 cm³/mol. The van der Waals surface area contributed by atoms with Crippen molar-refractivity contribution in [2.24, 2.45) is 0 Å². The monoisotopic (exact) mass is 505 g/mol. The van der Waals surface area contributed by atoms with Gasteiger partial charge in [0.1, 0.15) is 16.9 Å². The molecule has 5 rings (SSSR count). The van der Waals surface area contributed by atoms with Gasteiger partial charge in [-0.15, -0.1) is 12.4 Å². The molecular weight excluding hydrogens is 485 g/mol. The molecule has 9 heteroatoms. The number of nitrogens with one attached hydrogen (secondary N) is 4. The highest BCUT2D eigenvalue weighted by Gasteiger charge is 2.17. The molecule has 0 aliphatic heterocycles. The summed E-state index contributed by atoms with van der Waals surface area (Å²) in [5.74, 6) is 0.0530. The number of H-pyrrole nitrogens is 2. The van der Waals surface area contributed by atoms with Crippen molar-refractivity contribution in [1.82, 2.24) is 15.0 Å². The summed E-state index contributed by atoms with van der Waals surface area (Å²) in [5.41, 5.74) is 3.94. The van der Waals surface area contributed by atoms with Crippen LogP contribution in [0.25, 0.3) is 22.4 Å². The first kappa shape index (κ1) is 24.1. The Kier molecular flexibility index (Phi) is 7.19. The van der Waals surface area contributed by atoms with Gasteiger partial charge < -0.3 is 20.6 Å². The Bertz CT molecular complexity index is 1550. The number of carbonyl (C=O) groups is 1. The van der Waals surface area contributed by atoms with Crippen molar-refractivity contribution < 1.29 is 4.79 Å². The largest absolute Gasteiger partial charge is 0.380 e. The fourth-order valence-corrected chi connectivity index (χ4v) is 3.96. The minimum atomic E-state index is -0.342. The van der Waals surface area contributed by atoms with Gasteiger partial charge in [-0.3, -0.25) is 9.59 Å². The van der Waals surface area contributed by atoms with E-state index in [-0.39, 0.29) is 23.9 Å². The molecule has 7 nitrogen and oxygen atoms in total. The van der Waals surface area contributed by atoms with Crippen molar-refractivity contribution >= 4 is 52.3 Å². The summed E-state index contributed by atoms with van der Waals surface area (Å²) in [4.78, 5) is 36.1. The number of aromatic amines is 2. The first-order valence-corrected chi connectivity index (χ1v) is 11.0. The van der Waals surface area contributed by atoms with Crippen LogP contribution in [0.3, 0.4) is 0 Å².